The van der Waals surface area contributed by atoms with Gasteiger partial charge < -0.3 is 5.32 Å². The molecule has 3 saturated carbocycles. The summed E-state index contributed by atoms with van der Waals surface area (Å²) in [5, 5.41) is 4.66. The zero-order valence-electron chi connectivity index (χ0n) is 11.3. The number of nitrogens with one attached hydrogen (secondary N) is 1. The molecule has 0 amide bonds. The van der Waals surface area contributed by atoms with Crippen LogP contribution in [0.4, 0.5) is 0 Å². The van der Waals surface area contributed by atoms with Gasteiger partial charge in [-0.2, -0.15) is 0 Å². The molecular formula is C17H22ClN. The van der Waals surface area contributed by atoms with Crippen molar-refractivity contribution in [3.05, 3.63) is 34.9 Å². The summed E-state index contributed by atoms with van der Waals surface area (Å²) in [4.78, 5) is 0. The minimum Gasteiger partial charge on any atom is -0.310 e. The van der Waals surface area contributed by atoms with E-state index in [9.17, 15) is 0 Å². The molecule has 3 aliphatic rings. The minimum absolute atomic E-state index is 0.767. The molecule has 4 rings (SSSR count). The van der Waals surface area contributed by atoms with Crippen molar-refractivity contribution in [3.8, 4) is 0 Å². The lowest BCUT2D eigenvalue weighted by Crippen LogP contribution is -2.38. The lowest BCUT2D eigenvalue weighted by molar-refractivity contribution is 0.208. The molecule has 2 heteroatoms. The molecule has 0 aliphatic heterocycles. The highest BCUT2D eigenvalue weighted by Crippen LogP contribution is 2.58. The molecule has 1 nitrogen and oxygen atoms in total. The molecule has 5 atom stereocenters. The summed E-state index contributed by atoms with van der Waals surface area (Å²) in [5.41, 5.74) is 1.32. The van der Waals surface area contributed by atoms with Crippen LogP contribution in [0.1, 0.15) is 37.7 Å². The van der Waals surface area contributed by atoms with E-state index < -0.39 is 0 Å². The van der Waals surface area contributed by atoms with E-state index >= 15 is 0 Å². The van der Waals surface area contributed by atoms with Gasteiger partial charge in [-0.15, -0.1) is 0 Å². The Morgan fingerprint density at radius 1 is 1.11 bits per heavy atom. The second-order valence-electron chi connectivity index (χ2n) is 6.77. The molecule has 1 aromatic carbocycles. The van der Waals surface area contributed by atoms with Crippen LogP contribution in [0.25, 0.3) is 0 Å². The van der Waals surface area contributed by atoms with Gasteiger partial charge in [-0.3, -0.25) is 0 Å². The third kappa shape index (κ3) is 2.11. The van der Waals surface area contributed by atoms with Gasteiger partial charge in [-0.05, 0) is 67.1 Å². The Bertz CT molecular complexity index is 472. The zero-order valence-corrected chi connectivity index (χ0v) is 12.1. The Morgan fingerprint density at radius 3 is 2.89 bits per heavy atom. The second kappa shape index (κ2) is 4.79. The number of hydrogen-bond acceptors (Lipinski definition) is 1. The fourth-order valence-electron chi connectivity index (χ4n) is 5.20. The number of fused-ring (bicyclic) bond motifs is 5. The van der Waals surface area contributed by atoms with Gasteiger partial charge in [0.1, 0.15) is 0 Å². The fraction of sp³-hybridized carbons (Fsp3) is 0.647. The monoisotopic (exact) mass is 275 g/mol. The van der Waals surface area contributed by atoms with Gasteiger partial charge in [0.25, 0.3) is 0 Å². The fourth-order valence-corrected chi connectivity index (χ4v) is 5.41. The summed E-state index contributed by atoms with van der Waals surface area (Å²) in [6, 6.07) is 9.02. The molecular weight excluding hydrogens is 254 g/mol. The van der Waals surface area contributed by atoms with E-state index in [4.69, 9.17) is 11.6 Å². The van der Waals surface area contributed by atoms with Crippen molar-refractivity contribution in [2.75, 3.05) is 0 Å². The Labute approximate surface area is 120 Å². The van der Waals surface area contributed by atoms with Crippen molar-refractivity contribution in [1.29, 1.82) is 0 Å². The first-order chi connectivity index (χ1) is 9.31. The van der Waals surface area contributed by atoms with E-state index in [-0.39, 0.29) is 0 Å². The van der Waals surface area contributed by atoms with E-state index in [1.54, 1.807) is 0 Å². The summed E-state index contributed by atoms with van der Waals surface area (Å²) in [7, 11) is 0. The molecule has 3 aliphatic carbocycles. The largest absolute Gasteiger partial charge is 0.310 e. The van der Waals surface area contributed by atoms with Crippen molar-refractivity contribution < 1.29 is 0 Å². The third-order valence-corrected chi connectivity index (χ3v) is 6.12. The van der Waals surface area contributed by atoms with Crippen LogP contribution < -0.4 is 5.32 Å². The van der Waals surface area contributed by atoms with E-state index in [0.29, 0.717) is 0 Å². The Morgan fingerprint density at radius 2 is 2.00 bits per heavy atom. The van der Waals surface area contributed by atoms with Crippen molar-refractivity contribution in [1.82, 2.24) is 5.32 Å². The molecule has 0 spiro atoms. The van der Waals surface area contributed by atoms with Crippen molar-refractivity contribution in [2.24, 2.45) is 23.7 Å². The molecule has 0 radical (unpaired) electrons. The van der Waals surface area contributed by atoms with Gasteiger partial charge in [0.05, 0.1) is 0 Å². The molecule has 3 fully saturated rings. The van der Waals surface area contributed by atoms with Crippen molar-refractivity contribution >= 4 is 11.6 Å². The van der Waals surface area contributed by atoms with Crippen LogP contribution in [-0.4, -0.2) is 6.04 Å². The Balaban J connectivity index is 1.40. The first-order valence-electron chi connectivity index (χ1n) is 7.79. The third-order valence-electron chi connectivity index (χ3n) is 5.89. The van der Waals surface area contributed by atoms with Crippen LogP contribution in [0, 0.1) is 23.7 Å². The zero-order chi connectivity index (χ0) is 12.8. The molecule has 0 heterocycles. The first-order valence-corrected chi connectivity index (χ1v) is 8.17. The molecule has 1 aromatic rings. The summed E-state index contributed by atoms with van der Waals surface area (Å²) in [6.45, 7) is 0.978. The van der Waals surface area contributed by atoms with E-state index in [0.717, 1.165) is 41.3 Å². The highest BCUT2D eigenvalue weighted by Gasteiger charge is 2.53. The Hall–Kier alpha value is -0.530. The van der Waals surface area contributed by atoms with Gasteiger partial charge >= 0.3 is 0 Å². The quantitative estimate of drug-likeness (QED) is 0.869. The van der Waals surface area contributed by atoms with Gasteiger partial charge in [0, 0.05) is 17.6 Å². The SMILES string of the molecule is Clc1cccc(CN[C@@H]2C[C@H]3C[C@H]2[C@H]2CCC[C@H]32)c1. The summed E-state index contributed by atoms with van der Waals surface area (Å²) in [6.07, 6.45) is 7.44. The van der Waals surface area contributed by atoms with E-state index in [1.807, 2.05) is 12.1 Å². The van der Waals surface area contributed by atoms with Gasteiger partial charge in [0.15, 0.2) is 0 Å². The van der Waals surface area contributed by atoms with Crippen molar-refractivity contribution in [3.63, 3.8) is 0 Å². The average Bonchev–Trinajstić information content (AvgIpc) is 3.08. The van der Waals surface area contributed by atoms with Gasteiger partial charge in [-0.1, -0.05) is 30.2 Å². The highest BCUT2D eigenvalue weighted by atomic mass is 35.5. The summed E-state index contributed by atoms with van der Waals surface area (Å²) < 4.78 is 0. The number of hydrogen-bond donors (Lipinski definition) is 1. The summed E-state index contributed by atoms with van der Waals surface area (Å²) >= 11 is 6.05. The van der Waals surface area contributed by atoms with E-state index in [2.05, 4.69) is 17.4 Å². The molecule has 102 valence electrons. The molecule has 1 N–H and O–H groups in total. The van der Waals surface area contributed by atoms with Gasteiger partial charge in [0.2, 0.25) is 0 Å². The van der Waals surface area contributed by atoms with Crippen LogP contribution in [0.15, 0.2) is 24.3 Å². The van der Waals surface area contributed by atoms with Gasteiger partial charge in [-0.25, -0.2) is 0 Å². The standard InChI is InChI=1S/C17H22ClN/c18-13-4-1-3-11(7-13)10-19-17-9-12-8-16(17)15-6-2-5-14(12)15/h1,3-4,7,12,14-17,19H,2,5-6,8-10H2/t12-,14-,15+,16+,17-/m1/s1. The number of halogens is 1. The van der Waals surface area contributed by atoms with Crippen molar-refractivity contribution in [2.45, 2.75) is 44.7 Å². The predicted molar refractivity (Wildman–Crippen MR) is 79.1 cm³/mol. The highest BCUT2D eigenvalue weighted by molar-refractivity contribution is 6.30. The van der Waals surface area contributed by atoms with Crippen LogP contribution in [0.3, 0.4) is 0 Å². The topological polar surface area (TPSA) is 12.0 Å². The predicted octanol–water partition coefficient (Wildman–Crippen LogP) is 4.25. The molecule has 0 saturated heterocycles. The van der Waals surface area contributed by atoms with E-state index in [1.165, 1.54) is 37.7 Å². The molecule has 0 aromatic heterocycles. The molecule has 19 heavy (non-hydrogen) atoms. The maximum Gasteiger partial charge on any atom is 0.0409 e. The van der Waals surface area contributed by atoms with Crippen LogP contribution in [-0.2, 0) is 6.54 Å². The average molecular weight is 276 g/mol. The Kier molecular flexibility index (Phi) is 3.08. The summed E-state index contributed by atoms with van der Waals surface area (Å²) in [5.74, 6) is 4.15. The lowest BCUT2D eigenvalue weighted by atomic mass is 9.79. The molecule has 2 bridgehead atoms. The second-order valence-corrected chi connectivity index (χ2v) is 7.21. The van der Waals surface area contributed by atoms with Crippen LogP contribution in [0.2, 0.25) is 5.02 Å². The molecule has 0 unspecified atom stereocenters. The lowest BCUT2D eigenvalue weighted by Gasteiger charge is -2.32. The maximum atomic E-state index is 6.05. The first kappa shape index (κ1) is 12.2. The van der Waals surface area contributed by atoms with Crippen LogP contribution >= 0.6 is 11.6 Å². The number of benzene rings is 1. The maximum absolute atomic E-state index is 6.05. The number of rotatable bonds is 3. The van der Waals surface area contributed by atoms with Crippen LogP contribution in [0.5, 0.6) is 0 Å². The normalized spacial score (nSPS) is 39.7. The smallest absolute Gasteiger partial charge is 0.0409 e. The minimum atomic E-state index is 0.767.